The summed E-state index contributed by atoms with van der Waals surface area (Å²) in [5.41, 5.74) is 0.542. The molecular formula is C20H26O6. The highest BCUT2D eigenvalue weighted by atomic mass is 16.6. The Bertz CT molecular complexity index is 720. The van der Waals surface area contributed by atoms with Gasteiger partial charge in [-0.05, 0) is 27.2 Å². The second kappa shape index (κ2) is 6.35. The fourth-order valence-electron chi connectivity index (χ4n) is 4.66. The number of allylic oxidation sites excluding steroid dienone is 1. The van der Waals surface area contributed by atoms with Crippen LogP contribution in [0.3, 0.4) is 0 Å². The molecule has 3 rings (SSSR count). The van der Waals surface area contributed by atoms with Gasteiger partial charge in [0.05, 0.1) is 12.0 Å². The van der Waals surface area contributed by atoms with Crippen molar-refractivity contribution in [1.82, 2.24) is 0 Å². The second-order valence-corrected chi connectivity index (χ2v) is 7.75. The number of esters is 2. The number of fused-ring (bicyclic) bond motifs is 3. The largest absolute Gasteiger partial charge is 0.458 e. The first-order valence-corrected chi connectivity index (χ1v) is 8.91. The number of aliphatic hydroxyl groups is 2. The Morgan fingerprint density at radius 2 is 2.12 bits per heavy atom. The molecule has 1 saturated carbocycles. The van der Waals surface area contributed by atoms with Crippen LogP contribution in [0.2, 0.25) is 0 Å². The number of aliphatic hydroxyl groups excluding tert-OH is 2. The van der Waals surface area contributed by atoms with E-state index in [1.807, 2.05) is 13.0 Å². The van der Waals surface area contributed by atoms with Gasteiger partial charge < -0.3 is 19.7 Å². The van der Waals surface area contributed by atoms with Gasteiger partial charge in [-0.25, -0.2) is 9.59 Å². The standard InChI is InChI=1S/C20H26O6/c1-6-9(2)18(23)26-16-13-11(4)19(24)25-15(13)14-10(3)7-8-12(21)20(14,5)17(16)22/h6-7,12-17,21-22H,4,8H2,1-3,5H3. The van der Waals surface area contributed by atoms with Crippen molar-refractivity contribution in [3.63, 3.8) is 0 Å². The molecule has 0 aromatic heterocycles. The highest BCUT2D eigenvalue weighted by Crippen LogP contribution is 2.57. The number of hydrogen-bond acceptors (Lipinski definition) is 6. The molecular weight excluding hydrogens is 336 g/mol. The Balaban J connectivity index is 2.08. The van der Waals surface area contributed by atoms with Gasteiger partial charge in [0, 0.05) is 22.5 Å². The maximum atomic E-state index is 12.3. The predicted octanol–water partition coefficient (Wildman–Crippen LogP) is 1.67. The zero-order chi connectivity index (χ0) is 19.4. The van der Waals surface area contributed by atoms with E-state index in [0.717, 1.165) is 5.57 Å². The van der Waals surface area contributed by atoms with E-state index in [-0.39, 0.29) is 11.5 Å². The van der Waals surface area contributed by atoms with Crippen LogP contribution in [0.25, 0.3) is 0 Å². The molecule has 0 radical (unpaired) electrons. The summed E-state index contributed by atoms with van der Waals surface area (Å²) in [6, 6.07) is 0. The van der Waals surface area contributed by atoms with Crippen LogP contribution in [-0.4, -0.2) is 46.6 Å². The van der Waals surface area contributed by atoms with Gasteiger partial charge in [0.25, 0.3) is 0 Å². The Morgan fingerprint density at radius 1 is 1.46 bits per heavy atom. The van der Waals surface area contributed by atoms with Crippen LogP contribution in [0.5, 0.6) is 0 Å². The first kappa shape index (κ1) is 18.9. The summed E-state index contributed by atoms with van der Waals surface area (Å²) in [5, 5.41) is 21.9. The van der Waals surface area contributed by atoms with E-state index in [0.29, 0.717) is 12.0 Å². The summed E-state index contributed by atoms with van der Waals surface area (Å²) >= 11 is 0. The molecule has 2 aliphatic carbocycles. The molecule has 2 fully saturated rings. The molecule has 1 aliphatic heterocycles. The number of hydrogen-bond donors (Lipinski definition) is 2. The van der Waals surface area contributed by atoms with Gasteiger partial charge in [-0.15, -0.1) is 0 Å². The fourth-order valence-corrected chi connectivity index (χ4v) is 4.66. The molecule has 1 heterocycles. The molecule has 26 heavy (non-hydrogen) atoms. The second-order valence-electron chi connectivity index (χ2n) is 7.75. The van der Waals surface area contributed by atoms with E-state index < -0.39 is 47.7 Å². The lowest BCUT2D eigenvalue weighted by atomic mass is 9.53. The highest BCUT2D eigenvalue weighted by Gasteiger charge is 2.66. The normalized spacial score (nSPS) is 42.5. The molecule has 142 valence electrons. The molecule has 0 aromatic rings. The zero-order valence-corrected chi connectivity index (χ0v) is 15.6. The Labute approximate surface area is 153 Å². The highest BCUT2D eigenvalue weighted by molar-refractivity contribution is 5.92. The molecule has 0 bridgehead atoms. The molecule has 7 unspecified atom stereocenters. The third kappa shape index (κ3) is 2.47. The molecule has 3 aliphatic rings. The minimum atomic E-state index is -1.16. The molecule has 0 aromatic carbocycles. The third-order valence-electron chi connectivity index (χ3n) is 6.43. The molecule has 0 amide bonds. The van der Waals surface area contributed by atoms with Crippen LogP contribution in [0, 0.1) is 17.3 Å². The SMILES string of the molecule is C=C1C(=O)OC2C1C(OC(=O)C(C)=CC)C(O)C1(C)C(O)CC=C(C)C21. The monoisotopic (exact) mass is 362 g/mol. The summed E-state index contributed by atoms with van der Waals surface area (Å²) in [6.45, 7) is 10.8. The molecule has 7 atom stereocenters. The Morgan fingerprint density at radius 3 is 2.73 bits per heavy atom. The first-order valence-electron chi connectivity index (χ1n) is 8.91. The minimum absolute atomic E-state index is 0.194. The van der Waals surface area contributed by atoms with E-state index in [1.165, 1.54) is 0 Å². The van der Waals surface area contributed by atoms with Crippen molar-refractivity contribution in [2.45, 2.75) is 58.5 Å². The van der Waals surface area contributed by atoms with Gasteiger partial charge in [0.15, 0.2) is 0 Å². The molecule has 6 heteroatoms. The van der Waals surface area contributed by atoms with Crippen LogP contribution in [0.1, 0.15) is 34.1 Å². The van der Waals surface area contributed by atoms with Crippen molar-refractivity contribution < 1.29 is 29.3 Å². The van der Waals surface area contributed by atoms with E-state index in [1.54, 1.807) is 26.8 Å². The predicted molar refractivity (Wildman–Crippen MR) is 93.8 cm³/mol. The van der Waals surface area contributed by atoms with Gasteiger partial charge in [-0.1, -0.05) is 31.2 Å². The van der Waals surface area contributed by atoms with E-state index in [4.69, 9.17) is 9.47 Å². The lowest BCUT2D eigenvalue weighted by Crippen LogP contribution is -2.65. The zero-order valence-electron chi connectivity index (χ0n) is 15.6. The van der Waals surface area contributed by atoms with Gasteiger partial charge in [0.1, 0.15) is 18.3 Å². The fraction of sp³-hybridized carbons (Fsp3) is 0.600. The topological polar surface area (TPSA) is 93.1 Å². The number of carbonyl (C=O) groups is 2. The van der Waals surface area contributed by atoms with Gasteiger partial charge in [-0.3, -0.25) is 0 Å². The summed E-state index contributed by atoms with van der Waals surface area (Å²) in [6.07, 6.45) is 0.271. The smallest absolute Gasteiger partial charge is 0.334 e. The van der Waals surface area contributed by atoms with Crippen molar-refractivity contribution in [1.29, 1.82) is 0 Å². The Hall–Kier alpha value is -1.92. The maximum Gasteiger partial charge on any atom is 0.334 e. The first-order chi connectivity index (χ1) is 12.1. The summed E-state index contributed by atoms with van der Waals surface area (Å²) in [5.74, 6) is -2.12. The summed E-state index contributed by atoms with van der Waals surface area (Å²) in [7, 11) is 0. The van der Waals surface area contributed by atoms with E-state index in [9.17, 15) is 19.8 Å². The van der Waals surface area contributed by atoms with Gasteiger partial charge >= 0.3 is 11.9 Å². The average Bonchev–Trinajstić information content (AvgIpc) is 2.89. The lowest BCUT2D eigenvalue weighted by molar-refractivity contribution is -0.216. The number of ether oxygens (including phenoxy) is 2. The summed E-state index contributed by atoms with van der Waals surface area (Å²) in [4.78, 5) is 24.5. The van der Waals surface area contributed by atoms with Crippen molar-refractivity contribution >= 4 is 11.9 Å². The van der Waals surface area contributed by atoms with Crippen LogP contribution in [0.4, 0.5) is 0 Å². The average molecular weight is 362 g/mol. The quantitative estimate of drug-likeness (QED) is 0.441. The molecule has 0 spiro atoms. The van der Waals surface area contributed by atoms with Crippen molar-refractivity contribution in [3.8, 4) is 0 Å². The summed E-state index contributed by atoms with van der Waals surface area (Å²) < 4.78 is 11.2. The minimum Gasteiger partial charge on any atom is -0.458 e. The number of carbonyl (C=O) groups excluding carboxylic acids is 2. The molecule has 1 saturated heterocycles. The van der Waals surface area contributed by atoms with Gasteiger partial charge in [-0.2, -0.15) is 0 Å². The third-order valence-corrected chi connectivity index (χ3v) is 6.43. The van der Waals surface area contributed by atoms with Crippen LogP contribution < -0.4 is 0 Å². The lowest BCUT2D eigenvalue weighted by Gasteiger charge is -2.56. The van der Waals surface area contributed by atoms with Crippen LogP contribution >= 0.6 is 0 Å². The number of rotatable bonds is 2. The van der Waals surface area contributed by atoms with E-state index in [2.05, 4.69) is 6.58 Å². The van der Waals surface area contributed by atoms with Crippen molar-refractivity contribution in [2.24, 2.45) is 17.3 Å². The van der Waals surface area contributed by atoms with Crippen LogP contribution in [0.15, 0.2) is 35.5 Å². The van der Waals surface area contributed by atoms with Gasteiger partial charge in [0.2, 0.25) is 0 Å². The van der Waals surface area contributed by atoms with Crippen molar-refractivity contribution in [2.75, 3.05) is 0 Å². The van der Waals surface area contributed by atoms with Crippen LogP contribution in [-0.2, 0) is 19.1 Å². The molecule has 2 N–H and O–H groups in total. The Kier molecular flexibility index (Phi) is 4.61. The maximum absolute atomic E-state index is 12.3. The molecule has 6 nitrogen and oxygen atoms in total. The van der Waals surface area contributed by atoms with Crippen molar-refractivity contribution in [3.05, 3.63) is 35.5 Å². The van der Waals surface area contributed by atoms with E-state index >= 15 is 0 Å².